The van der Waals surface area contributed by atoms with Crippen LogP contribution in [-0.4, -0.2) is 45.0 Å². The van der Waals surface area contributed by atoms with Gasteiger partial charge < -0.3 is 10.2 Å². The van der Waals surface area contributed by atoms with Gasteiger partial charge in [-0.15, -0.1) is 0 Å². The number of carbonyl (C=O) groups is 2. The lowest BCUT2D eigenvalue weighted by atomic mass is 9.92. The van der Waals surface area contributed by atoms with E-state index in [1.807, 2.05) is 13.0 Å². The van der Waals surface area contributed by atoms with Crippen LogP contribution in [0.15, 0.2) is 64.3 Å². The van der Waals surface area contributed by atoms with Gasteiger partial charge >= 0.3 is 5.69 Å². The molecule has 2 fully saturated rings. The molecule has 39 heavy (non-hydrogen) atoms. The number of H-pyrrole nitrogens is 1. The van der Waals surface area contributed by atoms with Crippen LogP contribution in [0.5, 0.6) is 0 Å². The average Bonchev–Trinajstić information content (AvgIpc) is 3.52. The van der Waals surface area contributed by atoms with Gasteiger partial charge in [0, 0.05) is 18.2 Å². The molecule has 1 saturated carbocycles. The molecule has 3 atom stereocenters. The van der Waals surface area contributed by atoms with Gasteiger partial charge in [-0.3, -0.25) is 23.9 Å². The Hall–Kier alpha value is -4.08. The fourth-order valence-corrected chi connectivity index (χ4v) is 5.18. The Morgan fingerprint density at radius 1 is 1.13 bits per heavy atom. The molecule has 0 spiro atoms. The smallest absolute Gasteiger partial charge is 0.328 e. The summed E-state index contributed by atoms with van der Waals surface area (Å²) in [5.41, 5.74) is 0.619. The Bertz CT molecular complexity index is 1530. The molecule has 2 amide bonds. The molecule has 2 aromatic carbocycles. The summed E-state index contributed by atoms with van der Waals surface area (Å²) in [6, 6.07) is 12.2. The number of nitrogens with zero attached hydrogens (tertiary/aromatic N) is 2. The Labute approximate surface area is 223 Å². The van der Waals surface area contributed by atoms with Crippen molar-refractivity contribution < 1.29 is 18.4 Å². The molecule has 2 aliphatic rings. The van der Waals surface area contributed by atoms with Crippen molar-refractivity contribution in [2.24, 2.45) is 0 Å². The standard InChI is InChI=1S/C29H30F2N4O4/c1-17-14-34(28(39)33-26(17)37)16-24(36)35-15-20(30)13-23(35)27(38)32-25(18-6-4-3-5-7-18)19-8-9-21(22(31)12-19)29(2)10-11-29/h3-9,12,14,20,23,25H,10-11,13,15-16H2,1-2H3,(H,32,38)(H,33,37,39)/t20-,23+,25-/m1/s1. The number of benzene rings is 2. The summed E-state index contributed by atoms with van der Waals surface area (Å²) >= 11 is 0. The number of halogens is 2. The van der Waals surface area contributed by atoms with Gasteiger partial charge in [-0.25, -0.2) is 13.6 Å². The number of alkyl halides is 1. The normalized spacial score (nSPS) is 20.5. The molecule has 8 nitrogen and oxygen atoms in total. The zero-order chi connectivity index (χ0) is 27.9. The molecule has 2 N–H and O–H groups in total. The zero-order valence-corrected chi connectivity index (χ0v) is 21.7. The minimum absolute atomic E-state index is 0.165. The average molecular weight is 537 g/mol. The fraction of sp³-hybridized carbons (Fsp3) is 0.379. The van der Waals surface area contributed by atoms with Crippen LogP contribution in [0.25, 0.3) is 0 Å². The lowest BCUT2D eigenvalue weighted by Crippen LogP contribution is -2.48. The molecule has 5 rings (SSSR count). The Morgan fingerprint density at radius 2 is 1.85 bits per heavy atom. The van der Waals surface area contributed by atoms with Gasteiger partial charge in [0.1, 0.15) is 24.6 Å². The molecule has 1 aliphatic heterocycles. The first-order valence-corrected chi connectivity index (χ1v) is 12.9. The first-order chi connectivity index (χ1) is 18.6. The van der Waals surface area contributed by atoms with Crippen molar-refractivity contribution >= 4 is 11.8 Å². The molecule has 0 unspecified atom stereocenters. The summed E-state index contributed by atoms with van der Waals surface area (Å²) in [7, 11) is 0. The molecule has 1 saturated heterocycles. The highest BCUT2D eigenvalue weighted by molar-refractivity contribution is 5.89. The molecule has 10 heteroatoms. The SMILES string of the molecule is Cc1cn(CC(=O)N2C[C@H](F)C[C@H]2C(=O)N[C@H](c2ccccc2)c2ccc(C3(C)CC3)c(F)c2)c(=O)[nH]c1=O. The number of aryl methyl sites for hydroxylation is 1. The van der Waals surface area contributed by atoms with Gasteiger partial charge in [0.15, 0.2) is 0 Å². The van der Waals surface area contributed by atoms with Gasteiger partial charge in [-0.05, 0) is 47.9 Å². The highest BCUT2D eigenvalue weighted by atomic mass is 19.1. The second-order valence-electron chi connectivity index (χ2n) is 10.7. The van der Waals surface area contributed by atoms with Crippen LogP contribution < -0.4 is 16.6 Å². The minimum atomic E-state index is -1.43. The van der Waals surface area contributed by atoms with E-state index >= 15 is 4.39 Å². The van der Waals surface area contributed by atoms with E-state index in [1.54, 1.807) is 36.4 Å². The van der Waals surface area contributed by atoms with Gasteiger partial charge in [0.05, 0.1) is 12.6 Å². The van der Waals surface area contributed by atoms with E-state index in [2.05, 4.69) is 10.3 Å². The van der Waals surface area contributed by atoms with Gasteiger partial charge in [0.2, 0.25) is 11.8 Å². The third kappa shape index (κ3) is 5.41. The minimum Gasteiger partial charge on any atom is -0.343 e. The highest BCUT2D eigenvalue weighted by Crippen LogP contribution is 2.48. The van der Waals surface area contributed by atoms with E-state index in [0.717, 1.165) is 22.3 Å². The van der Waals surface area contributed by atoms with Crippen LogP contribution in [0.1, 0.15) is 54.5 Å². The molecule has 3 aromatic rings. The monoisotopic (exact) mass is 536 g/mol. The summed E-state index contributed by atoms with van der Waals surface area (Å²) in [6.07, 6.45) is 1.46. The van der Waals surface area contributed by atoms with Crippen molar-refractivity contribution in [3.05, 3.63) is 104 Å². The predicted octanol–water partition coefficient (Wildman–Crippen LogP) is 2.88. The maximum absolute atomic E-state index is 15.1. The lowest BCUT2D eigenvalue weighted by Gasteiger charge is -2.27. The molecule has 1 aromatic heterocycles. The second-order valence-corrected chi connectivity index (χ2v) is 10.7. The first-order valence-electron chi connectivity index (χ1n) is 12.9. The van der Waals surface area contributed by atoms with E-state index in [-0.39, 0.29) is 29.8 Å². The zero-order valence-electron chi connectivity index (χ0n) is 21.7. The third-order valence-electron chi connectivity index (χ3n) is 7.76. The Kier molecular flexibility index (Phi) is 6.96. The number of nitrogens with one attached hydrogen (secondary N) is 2. The summed E-state index contributed by atoms with van der Waals surface area (Å²) in [4.78, 5) is 53.7. The van der Waals surface area contributed by atoms with E-state index in [4.69, 9.17) is 0 Å². The molecular formula is C29H30F2N4O4. The highest BCUT2D eigenvalue weighted by Gasteiger charge is 2.42. The summed E-state index contributed by atoms with van der Waals surface area (Å²) in [5, 5.41) is 2.91. The Morgan fingerprint density at radius 3 is 2.51 bits per heavy atom. The molecule has 0 bridgehead atoms. The maximum atomic E-state index is 15.1. The molecule has 1 aliphatic carbocycles. The first kappa shape index (κ1) is 26.5. The fourth-order valence-electron chi connectivity index (χ4n) is 5.18. The molecule has 0 radical (unpaired) electrons. The third-order valence-corrected chi connectivity index (χ3v) is 7.76. The number of hydrogen-bond donors (Lipinski definition) is 2. The van der Waals surface area contributed by atoms with Crippen molar-refractivity contribution in [2.45, 2.75) is 63.3 Å². The summed E-state index contributed by atoms with van der Waals surface area (Å²) in [5.74, 6) is -1.56. The maximum Gasteiger partial charge on any atom is 0.328 e. The number of likely N-dealkylation sites (tertiary alicyclic amines) is 1. The van der Waals surface area contributed by atoms with Crippen LogP contribution >= 0.6 is 0 Å². The molecular weight excluding hydrogens is 506 g/mol. The topological polar surface area (TPSA) is 104 Å². The van der Waals surface area contributed by atoms with E-state index in [9.17, 15) is 23.6 Å². The van der Waals surface area contributed by atoms with E-state index in [1.165, 1.54) is 19.2 Å². The van der Waals surface area contributed by atoms with Crippen LogP contribution in [0.4, 0.5) is 8.78 Å². The Balaban J connectivity index is 1.40. The molecule has 2 heterocycles. The van der Waals surface area contributed by atoms with Gasteiger partial charge in [-0.2, -0.15) is 0 Å². The van der Waals surface area contributed by atoms with E-state index in [0.29, 0.717) is 16.7 Å². The predicted molar refractivity (Wildman–Crippen MR) is 140 cm³/mol. The second kappa shape index (κ2) is 10.2. The summed E-state index contributed by atoms with van der Waals surface area (Å²) < 4.78 is 30.7. The van der Waals surface area contributed by atoms with Crippen LogP contribution in [0, 0.1) is 12.7 Å². The van der Waals surface area contributed by atoms with Crippen molar-refractivity contribution in [3.63, 3.8) is 0 Å². The van der Waals surface area contributed by atoms with Crippen molar-refractivity contribution in [2.75, 3.05) is 6.54 Å². The number of amides is 2. The summed E-state index contributed by atoms with van der Waals surface area (Å²) in [6.45, 7) is 2.75. The largest absolute Gasteiger partial charge is 0.343 e. The molecule has 204 valence electrons. The number of hydrogen-bond acceptors (Lipinski definition) is 4. The number of rotatable bonds is 7. The quantitative estimate of drug-likeness (QED) is 0.485. The van der Waals surface area contributed by atoms with Crippen LogP contribution in [0.3, 0.4) is 0 Å². The van der Waals surface area contributed by atoms with Crippen molar-refractivity contribution in [1.82, 2.24) is 19.8 Å². The lowest BCUT2D eigenvalue weighted by molar-refractivity contribution is -0.139. The number of aromatic amines is 1. The van der Waals surface area contributed by atoms with Crippen molar-refractivity contribution in [3.8, 4) is 0 Å². The number of carbonyl (C=O) groups excluding carboxylic acids is 2. The van der Waals surface area contributed by atoms with Gasteiger partial charge in [-0.1, -0.05) is 49.4 Å². The van der Waals surface area contributed by atoms with Crippen LogP contribution in [-0.2, 0) is 21.5 Å². The van der Waals surface area contributed by atoms with Crippen LogP contribution in [0.2, 0.25) is 0 Å². The van der Waals surface area contributed by atoms with Crippen molar-refractivity contribution in [1.29, 1.82) is 0 Å². The van der Waals surface area contributed by atoms with Gasteiger partial charge in [0.25, 0.3) is 5.56 Å². The number of aromatic nitrogens is 2. The van der Waals surface area contributed by atoms with E-state index < -0.39 is 47.9 Å².